The van der Waals surface area contributed by atoms with Crippen LogP contribution in [0.1, 0.15) is 38.2 Å². The number of carbonyl (C=O) groups is 1. The van der Waals surface area contributed by atoms with Crippen molar-refractivity contribution in [2.45, 2.75) is 51.1 Å². The molecule has 0 radical (unpaired) electrons. The summed E-state index contributed by atoms with van der Waals surface area (Å²) in [6.07, 6.45) is 3.36. The van der Waals surface area contributed by atoms with Crippen molar-refractivity contribution < 1.29 is 13.6 Å². The summed E-state index contributed by atoms with van der Waals surface area (Å²) >= 11 is 0. The van der Waals surface area contributed by atoms with Gasteiger partial charge in [-0.05, 0) is 44.2 Å². The van der Waals surface area contributed by atoms with Gasteiger partial charge in [-0.15, -0.1) is 12.4 Å². The van der Waals surface area contributed by atoms with Crippen molar-refractivity contribution in [3.8, 4) is 0 Å². The van der Waals surface area contributed by atoms with Gasteiger partial charge in [0.05, 0.1) is 0 Å². The minimum Gasteiger partial charge on any atom is -0.338 e. The molecule has 2 rings (SSSR count). The molecule has 124 valence electrons. The third-order valence-electron chi connectivity index (χ3n) is 4.12. The number of nitrogens with zero attached hydrogens (tertiary/aromatic N) is 1. The molecule has 1 heterocycles. The van der Waals surface area contributed by atoms with Crippen molar-refractivity contribution in [3.63, 3.8) is 0 Å². The molecule has 1 saturated heterocycles. The summed E-state index contributed by atoms with van der Waals surface area (Å²) in [5, 5.41) is 0. The Morgan fingerprint density at radius 1 is 1.41 bits per heavy atom. The second kappa shape index (κ2) is 8.44. The molecule has 1 aromatic carbocycles. The Hall–Kier alpha value is -1.20. The number of aryl methyl sites for hydroxylation is 1. The lowest BCUT2D eigenvalue weighted by atomic mass is 9.96. The predicted octanol–water partition coefficient (Wildman–Crippen LogP) is 3.05. The lowest BCUT2D eigenvalue weighted by Crippen LogP contribution is -2.51. The summed E-state index contributed by atoms with van der Waals surface area (Å²) in [5.74, 6) is -1.75. The number of hydrogen-bond donors (Lipinski definition) is 1. The molecule has 2 unspecified atom stereocenters. The summed E-state index contributed by atoms with van der Waals surface area (Å²) in [7, 11) is 0. The fraction of sp³-hybridized carbons (Fsp3) is 0.562. The fourth-order valence-corrected chi connectivity index (χ4v) is 2.94. The van der Waals surface area contributed by atoms with E-state index in [2.05, 4.69) is 0 Å². The smallest absolute Gasteiger partial charge is 0.223 e. The Kier molecular flexibility index (Phi) is 7.23. The van der Waals surface area contributed by atoms with Gasteiger partial charge < -0.3 is 10.6 Å². The normalized spacial score (nSPS) is 19.5. The van der Waals surface area contributed by atoms with Crippen LogP contribution in [0.5, 0.6) is 0 Å². The maximum absolute atomic E-state index is 13.6. The highest BCUT2D eigenvalue weighted by Gasteiger charge is 2.28. The van der Waals surface area contributed by atoms with Gasteiger partial charge in [0.15, 0.2) is 11.6 Å². The molecule has 2 N–H and O–H groups in total. The van der Waals surface area contributed by atoms with Gasteiger partial charge in [0, 0.05) is 25.0 Å². The van der Waals surface area contributed by atoms with Crippen molar-refractivity contribution >= 4 is 18.3 Å². The van der Waals surface area contributed by atoms with Gasteiger partial charge in [0.25, 0.3) is 0 Å². The number of piperidine rings is 1. The molecule has 6 heteroatoms. The quantitative estimate of drug-likeness (QED) is 0.921. The number of benzene rings is 1. The number of rotatable bonds is 4. The van der Waals surface area contributed by atoms with Gasteiger partial charge in [-0.2, -0.15) is 0 Å². The van der Waals surface area contributed by atoms with E-state index in [-0.39, 0.29) is 48.8 Å². The van der Waals surface area contributed by atoms with Crippen LogP contribution in [0.4, 0.5) is 8.78 Å². The summed E-state index contributed by atoms with van der Waals surface area (Å²) < 4.78 is 26.7. The highest BCUT2D eigenvalue weighted by atomic mass is 35.5. The molecule has 0 saturated carbocycles. The zero-order chi connectivity index (χ0) is 15.4. The highest BCUT2D eigenvalue weighted by molar-refractivity contribution is 5.85. The molecule has 1 aliphatic heterocycles. The summed E-state index contributed by atoms with van der Waals surface area (Å²) in [5.41, 5.74) is 6.19. The third kappa shape index (κ3) is 4.40. The third-order valence-corrected chi connectivity index (χ3v) is 4.12. The molecule has 0 spiro atoms. The van der Waals surface area contributed by atoms with E-state index >= 15 is 0 Å². The fourth-order valence-electron chi connectivity index (χ4n) is 2.94. The first-order valence-corrected chi connectivity index (χ1v) is 7.48. The van der Waals surface area contributed by atoms with Gasteiger partial charge in [0.2, 0.25) is 5.91 Å². The van der Waals surface area contributed by atoms with Crippen molar-refractivity contribution in [3.05, 3.63) is 35.4 Å². The van der Waals surface area contributed by atoms with Crippen molar-refractivity contribution in [2.75, 3.05) is 6.54 Å². The second-order valence-electron chi connectivity index (χ2n) is 5.72. The van der Waals surface area contributed by atoms with Crippen molar-refractivity contribution in [1.29, 1.82) is 0 Å². The van der Waals surface area contributed by atoms with Gasteiger partial charge >= 0.3 is 0 Å². The number of halogens is 3. The van der Waals surface area contributed by atoms with E-state index in [9.17, 15) is 13.6 Å². The van der Waals surface area contributed by atoms with E-state index in [4.69, 9.17) is 5.73 Å². The van der Waals surface area contributed by atoms with E-state index < -0.39 is 11.6 Å². The SMILES string of the molecule is CC(N)C1CCCCN1C(=O)CCc1cccc(F)c1F.Cl. The van der Waals surface area contributed by atoms with Gasteiger partial charge in [-0.25, -0.2) is 8.78 Å². The molecule has 0 bridgehead atoms. The molecule has 0 aromatic heterocycles. The molecule has 22 heavy (non-hydrogen) atoms. The summed E-state index contributed by atoms with van der Waals surface area (Å²) in [4.78, 5) is 14.1. The van der Waals surface area contributed by atoms with Crippen LogP contribution in [-0.2, 0) is 11.2 Å². The first-order chi connectivity index (χ1) is 10.0. The molecule has 1 aromatic rings. The van der Waals surface area contributed by atoms with Crippen LogP contribution < -0.4 is 5.73 Å². The van der Waals surface area contributed by atoms with E-state index in [1.807, 2.05) is 11.8 Å². The Balaban J connectivity index is 0.00000242. The molecular formula is C16H23ClF2N2O. The summed E-state index contributed by atoms with van der Waals surface area (Å²) in [6.45, 7) is 2.61. The maximum Gasteiger partial charge on any atom is 0.223 e. The second-order valence-corrected chi connectivity index (χ2v) is 5.72. The molecular weight excluding hydrogens is 310 g/mol. The van der Waals surface area contributed by atoms with Crippen LogP contribution in [0.25, 0.3) is 0 Å². The first-order valence-electron chi connectivity index (χ1n) is 7.48. The first kappa shape index (κ1) is 18.8. The van der Waals surface area contributed by atoms with Crippen LogP contribution in [0, 0.1) is 11.6 Å². The van der Waals surface area contributed by atoms with Gasteiger partial charge in [-0.1, -0.05) is 12.1 Å². The van der Waals surface area contributed by atoms with Gasteiger partial charge in [-0.3, -0.25) is 4.79 Å². The van der Waals surface area contributed by atoms with E-state index in [1.54, 1.807) is 0 Å². The van der Waals surface area contributed by atoms with Crippen LogP contribution in [0.15, 0.2) is 18.2 Å². The van der Waals surface area contributed by atoms with Crippen LogP contribution in [0.3, 0.4) is 0 Å². The average molecular weight is 333 g/mol. The highest BCUT2D eigenvalue weighted by Crippen LogP contribution is 2.21. The number of likely N-dealkylation sites (tertiary alicyclic amines) is 1. The molecule has 2 atom stereocenters. The lowest BCUT2D eigenvalue weighted by Gasteiger charge is -2.38. The van der Waals surface area contributed by atoms with Crippen LogP contribution >= 0.6 is 12.4 Å². The number of nitrogens with two attached hydrogens (primary N) is 1. The average Bonchev–Trinajstić information content (AvgIpc) is 2.48. The molecule has 3 nitrogen and oxygen atoms in total. The minimum atomic E-state index is -0.869. The van der Waals surface area contributed by atoms with Crippen LogP contribution in [-0.4, -0.2) is 29.4 Å². The standard InChI is InChI=1S/C16H22F2N2O.ClH/c1-11(19)14-7-2-3-10-20(14)15(21)9-8-12-5-4-6-13(17)16(12)18;/h4-6,11,14H,2-3,7-10,19H2,1H3;1H. The predicted molar refractivity (Wildman–Crippen MR) is 84.9 cm³/mol. The Bertz CT molecular complexity index is 511. The summed E-state index contributed by atoms with van der Waals surface area (Å²) in [6, 6.07) is 4.05. The Morgan fingerprint density at radius 2 is 2.14 bits per heavy atom. The number of amides is 1. The van der Waals surface area contributed by atoms with Crippen molar-refractivity contribution in [1.82, 2.24) is 4.90 Å². The maximum atomic E-state index is 13.6. The zero-order valence-electron chi connectivity index (χ0n) is 12.7. The van der Waals surface area contributed by atoms with Crippen molar-refractivity contribution in [2.24, 2.45) is 5.73 Å². The molecule has 1 amide bonds. The topological polar surface area (TPSA) is 46.3 Å². The largest absolute Gasteiger partial charge is 0.338 e. The zero-order valence-corrected chi connectivity index (χ0v) is 13.5. The minimum absolute atomic E-state index is 0. The van der Waals surface area contributed by atoms with E-state index in [0.29, 0.717) is 6.54 Å². The number of carbonyl (C=O) groups excluding carboxylic acids is 1. The molecule has 1 fully saturated rings. The monoisotopic (exact) mass is 332 g/mol. The number of hydrogen-bond acceptors (Lipinski definition) is 2. The van der Waals surface area contributed by atoms with E-state index in [0.717, 1.165) is 25.3 Å². The molecule has 1 aliphatic rings. The Morgan fingerprint density at radius 3 is 2.82 bits per heavy atom. The molecule has 0 aliphatic carbocycles. The van der Waals surface area contributed by atoms with Gasteiger partial charge in [0.1, 0.15) is 0 Å². The van der Waals surface area contributed by atoms with Crippen LogP contribution in [0.2, 0.25) is 0 Å². The Labute approximate surface area is 136 Å². The van der Waals surface area contributed by atoms with E-state index in [1.165, 1.54) is 12.1 Å². The lowest BCUT2D eigenvalue weighted by molar-refractivity contribution is -0.135.